The number of carboxylic acid groups (broad SMARTS) is 1. The van der Waals surface area contributed by atoms with Gasteiger partial charge in [-0.25, -0.2) is 4.98 Å². The molecule has 21 heavy (non-hydrogen) atoms. The first kappa shape index (κ1) is 15.5. The number of aromatic nitrogens is 2. The fraction of sp³-hybridized carbons (Fsp3) is 0.643. The van der Waals surface area contributed by atoms with Gasteiger partial charge >= 0.3 is 5.97 Å². The summed E-state index contributed by atoms with van der Waals surface area (Å²) in [5, 5.41) is 12.0. The molecule has 0 bridgehead atoms. The standard InChI is InChI=1S/C14H21N3O4/c1-10-6-15-9-17(10)8-13(18)16-7-12(14(19)20)11-2-4-21-5-3-11/h6,9,11-12H,2-5,7-8H2,1H3,(H,16,18)(H,19,20). The van der Waals surface area contributed by atoms with E-state index in [0.717, 1.165) is 18.5 Å². The van der Waals surface area contributed by atoms with E-state index >= 15 is 0 Å². The van der Waals surface area contributed by atoms with Crippen LogP contribution in [0.25, 0.3) is 0 Å². The van der Waals surface area contributed by atoms with Crippen LogP contribution in [0.3, 0.4) is 0 Å². The van der Waals surface area contributed by atoms with Crippen LogP contribution in [0.15, 0.2) is 12.5 Å². The topological polar surface area (TPSA) is 93.5 Å². The number of amides is 1. The van der Waals surface area contributed by atoms with E-state index in [4.69, 9.17) is 4.74 Å². The molecule has 7 heteroatoms. The first-order chi connectivity index (χ1) is 10.1. The Labute approximate surface area is 123 Å². The lowest BCUT2D eigenvalue weighted by Gasteiger charge is -2.27. The van der Waals surface area contributed by atoms with Crippen molar-refractivity contribution in [2.24, 2.45) is 11.8 Å². The summed E-state index contributed by atoms with van der Waals surface area (Å²) in [6.07, 6.45) is 4.72. The first-order valence-electron chi connectivity index (χ1n) is 7.12. The number of rotatable bonds is 6. The molecule has 0 spiro atoms. The Morgan fingerprint density at radius 1 is 1.52 bits per heavy atom. The highest BCUT2D eigenvalue weighted by atomic mass is 16.5. The van der Waals surface area contributed by atoms with Crippen molar-refractivity contribution in [1.29, 1.82) is 0 Å². The minimum atomic E-state index is -0.860. The Morgan fingerprint density at radius 3 is 2.81 bits per heavy atom. The molecule has 1 aromatic rings. The summed E-state index contributed by atoms with van der Waals surface area (Å²) in [5.41, 5.74) is 0.893. The Hall–Kier alpha value is -1.89. The van der Waals surface area contributed by atoms with Crippen molar-refractivity contribution < 1.29 is 19.4 Å². The van der Waals surface area contributed by atoms with Gasteiger partial charge in [0.15, 0.2) is 0 Å². The van der Waals surface area contributed by atoms with Crippen LogP contribution in [0, 0.1) is 18.8 Å². The number of aryl methyl sites for hydroxylation is 1. The zero-order chi connectivity index (χ0) is 15.2. The van der Waals surface area contributed by atoms with Crippen molar-refractivity contribution in [1.82, 2.24) is 14.9 Å². The molecule has 0 aliphatic carbocycles. The molecule has 7 nitrogen and oxygen atoms in total. The smallest absolute Gasteiger partial charge is 0.308 e. The molecule has 2 N–H and O–H groups in total. The van der Waals surface area contributed by atoms with Gasteiger partial charge in [-0.2, -0.15) is 0 Å². The van der Waals surface area contributed by atoms with Crippen LogP contribution in [-0.4, -0.2) is 46.3 Å². The van der Waals surface area contributed by atoms with E-state index in [2.05, 4.69) is 10.3 Å². The maximum absolute atomic E-state index is 11.9. The van der Waals surface area contributed by atoms with Crippen LogP contribution in [0.5, 0.6) is 0 Å². The number of carbonyl (C=O) groups excluding carboxylic acids is 1. The molecule has 0 aromatic carbocycles. The second-order valence-electron chi connectivity index (χ2n) is 5.36. The number of nitrogens with zero attached hydrogens (tertiary/aromatic N) is 2. The lowest BCUT2D eigenvalue weighted by atomic mass is 9.86. The van der Waals surface area contributed by atoms with Crippen molar-refractivity contribution in [3.8, 4) is 0 Å². The third kappa shape index (κ3) is 4.29. The van der Waals surface area contributed by atoms with Crippen molar-refractivity contribution in [2.45, 2.75) is 26.3 Å². The van der Waals surface area contributed by atoms with Crippen LogP contribution in [0.2, 0.25) is 0 Å². The third-order valence-electron chi connectivity index (χ3n) is 3.91. The maximum Gasteiger partial charge on any atom is 0.308 e. The number of hydrogen-bond acceptors (Lipinski definition) is 4. The van der Waals surface area contributed by atoms with E-state index in [1.54, 1.807) is 17.1 Å². The summed E-state index contributed by atoms with van der Waals surface area (Å²) in [5.74, 6) is -1.55. The number of hydrogen-bond donors (Lipinski definition) is 2. The van der Waals surface area contributed by atoms with Gasteiger partial charge in [0.25, 0.3) is 0 Å². The number of carbonyl (C=O) groups is 2. The summed E-state index contributed by atoms with van der Waals surface area (Å²) in [4.78, 5) is 27.2. The average molecular weight is 295 g/mol. The Morgan fingerprint density at radius 2 is 2.24 bits per heavy atom. The van der Waals surface area contributed by atoms with Crippen LogP contribution < -0.4 is 5.32 Å². The highest BCUT2D eigenvalue weighted by Crippen LogP contribution is 2.23. The molecule has 0 saturated carbocycles. The highest BCUT2D eigenvalue weighted by Gasteiger charge is 2.29. The lowest BCUT2D eigenvalue weighted by molar-refractivity contribution is -0.145. The van der Waals surface area contributed by atoms with E-state index in [-0.39, 0.29) is 24.9 Å². The monoisotopic (exact) mass is 295 g/mol. The van der Waals surface area contributed by atoms with Crippen molar-refractivity contribution in [2.75, 3.05) is 19.8 Å². The van der Waals surface area contributed by atoms with Crippen molar-refractivity contribution in [3.63, 3.8) is 0 Å². The molecular weight excluding hydrogens is 274 g/mol. The highest BCUT2D eigenvalue weighted by molar-refractivity contribution is 5.77. The molecule has 2 heterocycles. The van der Waals surface area contributed by atoms with Gasteiger partial charge in [0, 0.05) is 31.6 Å². The molecule has 1 amide bonds. The molecule has 1 unspecified atom stereocenters. The molecular formula is C14H21N3O4. The van der Waals surface area contributed by atoms with Crippen LogP contribution in [0.4, 0.5) is 0 Å². The number of aliphatic carboxylic acids is 1. The van der Waals surface area contributed by atoms with Gasteiger partial charge in [-0.05, 0) is 25.7 Å². The first-order valence-corrected chi connectivity index (χ1v) is 7.12. The lowest BCUT2D eigenvalue weighted by Crippen LogP contribution is -2.40. The van der Waals surface area contributed by atoms with Crippen LogP contribution in [-0.2, 0) is 20.9 Å². The van der Waals surface area contributed by atoms with Gasteiger partial charge in [0.1, 0.15) is 6.54 Å². The molecule has 1 fully saturated rings. The Bertz CT molecular complexity index is 494. The summed E-state index contributed by atoms with van der Waals surface area (Å²) in [7, 11) is 0. The Kier molecular flexibility index (Phi) is 5.32. The molecule has 1 aromatic heterocycles. The fourth-order valence-corrected chi connectivity index (χ4v) is 2.56. The van der Waals surface area contributed by atoms with Gasteiger partial charge < -0.3 is 19.7 Å². The quantitative estimate of drug-likeness (QED) is 0.794. The molecule has 2 rings (SSSR count). The Balaban J connectivity index is 1.85. The van der Waals surface area contributed by atoms with E-state index in [1.807, 2.05) is 6.92 Å². The summed E-state index contributed by atoms with van der Waals surface area (Å²) >= 11 is 0. The molecule has 116 valence electrons. The zero-order valence-corrected chi connectivity index (χ0v) is 12.1. The average Bonchev–Trinajstić information content (AvgIpc) is 2.85. The molecule has 1 aliphatic rings. The maximum atomic E-state index is 11.9. The number of carboxylic acids is 1. The van der Waals surface area contributed by atoms with E-state index in [0.29, 0.717) is 13.2 Å². The van der Waals surface area contributed by atoms with Gasteiger partial charge in [-0.15, -0.1) is 0 Å². The largest absolute Gasteiger partial charge is 0.481 e. The number of nitrogens with one attached hydrogen (secondary N) is 1. The predicted octanol–water partition coefficient (Wildman–Crippen LogP) is 0.435. The molecule has 1 aliphatic heterocycles. The SMILES string of the molecule is Cc1cncn1CC(=O)NCC(C(=O)O)C1CCOCC1. The number of ether oxygens (including phenoxy) is 1. The van der Waals surface area contributed by atoms with Crippen molar-refractivity contribution in [3.05, 3.63) is 18.2 Å². The second-order valence-corrected chi connectivity index (χ2v) is 5.36. The summed E-state index contributed by atoms with van der Waals surface area (Å²) < 4.78 is 6.97. The zero-order valence-electron chi connectivity index (χ0n) is 12.1. The second kappa shape index (κ2) is 7.21. The predicted molar refractivity (Wildman–Crippen MR) is 74.6 cm³/mol. The minimum absolute atomic E-state index is 0.0616. The van der Waals surface area contributed by atoms with E-state index in [1.165, 1.54) is 0 Å². The van der Waals surface area contributed by atoms with Crippen LogP contribution >= 0.6 is 0 Å². The normalized spacial score (nSPS) is 17.4. The van der Waals surface area contributed by atoms with Gasteiger partial charge in [0.2, 0.25) is 5.91 Å². The van der Waals surface area contributed by atoms with Gasteiger partial charge in [0.05, 0.1) is 12.2 Å². The van der Waals surface area contributed by atoms with Crippen LogP contribution in [0.1, 0.15) is 18.5 Å². The summed E-state index contributed by atoms with van der Waals surface area (Å²) in [6.45, 7) is 3.37. The van der Waals surface area contributed by atoms with Crippen molar-refractivity contribution >= 4 is 11.9 Å². The van der Waals surface area contributed by atoms with E-state index < -0.39 is 11.9 Å². The minimum Gasteiger partial charge on any atom is -0.481 e. The van der Waals surface area contributed by atoms with E-state index in [9.17, 15) is 14.7 Å². The van der Waals surface area contributed by atoms with Gasteiger partial charge in [-0.1, -0.05) is 0 Å². The molecule has 0 radical (unpaired) electrons. The third-order valence-corrected chi connectivity index (χ3v) is 3.91. The molecule has 1 saturated heterocycles. The summed E-state index contributed by atoms with van der Waals surface area (Å²) in [6, 6.07) is 0. The fourth-order valence-electron chi connectivity index (χ4n) is 2.56. The number of imidazole rings is 1. The molecule has 1 atom stereocenters. The van der Waals surface area contributed by atoms with Gasteiger partial charge in [-0.3, -0.25) is 9.59 Å².